The van der Waals surface area contributed by atoms with Crippen molar-refractivity contribution in [2.24, 2.45) is 0 Å². The summed E-state index contributed by atoms with van der Waals surface area (Å²) in [7, 11) is 0. The highest BCUT2D eigenvalue weighted by Crippen LogP contribution is 2.03. The van der Waals surface area contributed by atoms with E-state index in [1.165, 1.54) is 38.6 Å². The maximum atomic E-state index is 3.55. The zero-order valence-electron chi connectivity index (χ0n) is 8.32. The zero-order valence-corrected chi connectivity index (χ0v) is 8.32. The Bertz CT molecular complexity index is 63.3. The molecule has 0 aliphatic rings. The van der Waals surface area contributed by atoms with Crippen LogP contribution in [0.1, 0.15) is 52.9 Å². The second-order valence-electron chi connectivity index (χ2n) is 3.20. The van der Waals surface area contributed by atoms with Crippen molar-refractivity contribution in [2.45, 2.75) is 58.9 Å². The molecule has 0 rings (SSSR count). The molecule has 1 atom stereocenters. The van der Waals surface area contributed by atoms with Crippen LogP contribution in [0, 0.1) is 0 Å². The van der Waals surface area contributed by atoms with Gasteiger partial charge in [0.05, 0.1) is 0 Å². The average Bonchev–Trinajstić information content (AvgIpc) is 2.05. The topological polar surface area (TPSA) is 12.0 Å². The molecule has 0 amide bonds. The fourth-order valence-electron chi connectivity index (χ4n) is 1.25. The Labute approximate surface area is 71.6 Å². The zero-order chi connectivity index (χ0) is 8.53. The first-order chi connectivity index (χ1) is 5.35. The summed E-state index contributed by atoms with van der Waals surface area (Å²) >= 11 is 0. The fraction of sp³-hybridized carbons (Fsp3) is 1.00. The Morgan fingerprint density at radius 3 is 2.27 bits per heavy atom. The smallest absolute Gasteiger partial charge is 0.00644 e. The third-order valence-electron chi connectivity index (χ3n) is 2.08. The lowest BCUT2D eigenvalue weighted by Crippen LogP contribution is -2.28. The summed E-state index contributed by atoms with van der Waals surface area (Å²) in [6.45, 7) is 7.93. The molecule has 0 aromatic rings. The largest absolute Gasteiger partial charge is 0.314 e. The molecule has 0 saturated carbocycles. The van der Waals surface area contributed by atoms with Gasteiger partial charge in [-0.25, -0.2) is 0 Å². The molecule has 1 nitrogen and oxygen atoms in total. The molecule has 0 radical (unpaired) electrons. The van der Waals surface area contributed by atoms with Crippen LogP contribution in [0.25, 0.3) is 0 Å². The molecule has 0 fully saturated rings. The van der Waals surface area contributed by atoms with Gasteiger partial charge in [0.1, 0.15) is 0 Å². The molecule has 0 bridgehead atoms. The number of hydrogen-bond donors (Lipinski definition) is 1. The first kappa shape index (κ1) is 11.0. The first-order valence-electron chi connectivity index (χ1n) is 5.08. The summed E-state index contributed by atoms with van der Waals surface area (Å²) in [4.78, 5) is 0. The van der Waals surface area contributed by atoms with Gasteiger partial charge in [0, 0.05) is 6.04 Å². The molecular weight excluding hydrogens is 134 g/mol. The van der Waals surface area contributed by atoms with Crippen molar-refractivity contribution in [1.29, 1.82) is 0 Å². The third kappa shape index (κ3) is 6.36. The van der Waals surface area contributed by atoms with E-state index in [-0.39, 0.29) is 0 Å². The predicted octanol–water partition coefficient (Wildman–Crippen LogP) is 2.95. The minimum absolute atomic E-state index is 0.773. The van der Waals surface area contributed by atoms with E-state index in [0.717, 1.165) is 6.04 Å². The summed E-state index contributed by atoms with van der Waals surface area (Å²) in [6.07, 6.45) is 6.58. The van der Waals surface area contributed by atoms with Crippen LogP contribution in [-0.4, -0.2) is 12.6 Å². The lowest BCUT2D eigenvalue weighted by molar-refractivity contribution is 0.453. The van der Waals surface area contributed by atoms with Crippen LogP contribution in [0.4, 0.5) is 0 Å². The van der Waals surface area contributed by atoms with Gasteiger partial charge in [-0.3, -0.25) is 0 Å². The maximum absolute atomic E-state index is 3.55. The highest BCUT2D eigenvalue weighted by molar-refractivity contribution is 4.63. The first-order valence-corrected chi connectivity index (χ1v) is 5.08. The van der Waals surface area contributed by atoms with Crippen LogP contribution in [0.5, 0.6) is 0 Å². The SMILES string of the molecule is CCCC[C@@H](CC)NCCC. The number of nitrogens with one attached hydrogen (secondary N) is 1. The van der Waals surface area contributed by atoms with Crippen molar-refractivity contribution in [2.75, 3.05) is 6.54 Å². The summed E-state index contributed by atoms with van der Waals surface area (Å²) in [6, 6.07) is 0.773. The molecular formula is C10H23N. The molecule has 1 heteroatoms. The monoisotopic (exact) mass is 157 g/mol. The number of rotatable bonds is 7. The Kier molecular flexibility index (Phi) is 8.03. The third-order valence-corrected chi connectivity index (χ3v) is 2.08. The van der Waals surface area contributed by atoms with E-state index in [2.05, 4.69) is 26.1 Å². The second kappa shape index (κ2) is 8.06. The molecule has 0 saturated heterocycles. The van der Waals surface area contributed by atoms with E-state index >= 15 is 0 Å². The van der Waals surface area contributed by atoms with Crippen LogP contribution in [0.15, 0.2) is 0 Å². The highest BCUT2D eigenvalue weighted by atomic mass is 14.9. The van der Waals surface area contributed by atoms with Crippen molar-refractivity contribution < 1.29 is 0 Å². The standard InChI is InChI=1S/C10H23N/c1-4-7-8-10(6-3)11-9-5-2/h10-11H,4-9H2,1-3H3/t10-/m1/s1. The molecule has 0 aliphatic heterocycles. The number of hydrogen-bond acceptors (Lipinski definition) is 1. The van der Waals surface area contributed by atoms with Gasteiger partial charge in [0.2, 0.25) is 0 Å². The summed E-state index contributed by atoms with van der Waals surface area (Å²) in [5, 5.41) is 3.55. The van der Waals surface area contributed by atoms with Crippen molar-refractivity contribution in [3.8, 4) is 0 Å². The summed E-state index contributed by atoms with van der Waals surface area (Å²) < 4.78 is 0. The Balaban J connectivity index is 3.25. The van der Waals surface area contributed by atoms with Gasteiger partial charge in [-0.2, -0.15) is 0 Å². The van der Waals surface area contributed by atoms with Gasteiger partial charge < -0.3 is 5.32 Å². The van der Waals surface area contributed by atoms with Gasteiger partial charge in [0.15, 0.2) is 0 Å². The van der Waals surface area contributed by atoms with Gasteiger partial charge in [-0.15, -0.1) is 0 Å². The predicted molar refractivity (Wildman–Crippen MR) is 51.9 cm³/mol. The van der Waals surface area contributed by atoms with Gasteiger partial charge in [0.25, 0.3) is 0 Å². The van der Waals surface area contributed by atoms with Crippen LogP contribution in [0.2, 0.25) is 0 Å². The van der Waals surface area contributed by atoms with E-state index in [4.69, 9.17) is 0 Å². The normalized spacial score (nSPS) is 13.4. The highest BCUT2D eigenvalue weighted by Gasteiger charge is 2.02. The molecule has 0 heterocycles. The van der Waals surface area contributed by atoms with Gasteiger partial charge in [-0.1, -0.05) is 33.6 Å². The minimum atomic E-state index is 0.773. The molecule has 0 spiro atoms. The molecule has 1 N–H and O–H groups in total. The van der Waals surface area contributed by atoms with Crippen LogP contribution >= 0.6 is 0 Å². The van der Waals surface area contributed by atoms with Crippen LogP contribution < -0.4 is 5.32 Å². The molecule has 11 heavy (non-hydrogen) atoms. The quantitative estimate of drug-likeness (QED) is 0.599. The Hall–Kier alpha value is -0.0400. The van der Waals surface area contributed by atoms with E-state index in [9.17, 15) is 0 Å². The minimum Gasteiger partial charge on any atom is -0.314 e. The molecule has 0 unspecified atom stereocenters. The maximum Gasteiger partial charge on any atom is 0.00644 e. The van der Waals surface area contributed by atoms with Crippen molar-refractivity contribution >= 4 is 0 Å². The summed E-state index contributed by atoms with van der Waals surface area (Å²) in [5.74, 6) is 0. The van der Waals surface area contributed by atoms with Gasteiger partial charge >= 0.3 is 0 Å². The lowest BCUT2D eigenvalue weighted by Gasteiger charge is -2.15. The molecule has 0 aromatic heterocycles. The fourth-order valence-corrected chi connectivity index (χ4v) is 1.25. The molecule has 68 valence electrons. The van der Waals surface area contributed by atoms with E-state index < -0.39 is 0 Å². The van der Waals surface area contributed by atoms with Gasteiger partial charge in [-0.05, 0) is 25.8 Å². The van der Waals surface area contributed by atoms with E-state index in [1.54, 1.807) is 0 Å². The molecule has 0 aromatic carbocycles. The summed E-state index contributed by atoms with van der Waals surface area (Å²) in [5.41, 5.74) is 0. The van der Waals surface area contributed by atoms with Crippen molar-refractivity contribution in [1.82, 2.24) is 5.32 Å². The Morgan fingerprint density at radius 1 is 1.09 bits per heavy atom. The molecule has 0 aliphatic carbocycles. The second-order valence-corrected chi connectivity index (χ2v) is 3.20. The van der Waals surface area contributed by atoms with Crippen LogP contribution in [-0.2, 0) is 0 Å². The Morgan fingerprint density at radius 2 is 1.82 bits per heavy atom. The van der Waals surface area contributed by atoms with E-state index in [0.29, 0.717) is 0 Å². The van der Waals surface area contributed by atoms with Crippen molar-refractivity contribution in [3.05, 3.63) is 0 Å². The number of unbranched alkanes of at least 4 members (excludes halogenated alkanes) is 1. The van der Waals surface area contributed by atoms with E-state index in [1.807, 2.05) is 0 Å². The lowest BCUT2D eigenvalue weighted by atomic mass is 10.1. The average molecular weight is 157 g/mol. The van der Waals surface area contributed by atoms with Crippen molar-refractivity contribution in [3.63, 3.8) is 0 Å². The van der Waals surface area contributed by atoms with Crippen LogP contribution in [0.3, 0.4) is 0 Å².